The van der Waals surface area contributed by atoms with Gasteiger partial charge in [-0.1, -0.05) is 18.2 Å². The molecule has 0 amide bonds. The van der Waals surface area contributed by atoms with Gasteiger partial charge >= 0.3 is 0 Å². The lowest BCUT2D eigenvalue weighted by Gasteiger charge is -2.13. The molecule has 7 heteroatoms. The summed E-state index contributed by atoms with van der Waals surface area (Å²) >= 11 is 0. The van der Waals surface area contributed by atoms with Gasteiger partial charge < -0.3 is 4.74 Å². The number of aromatic nitrogens is 4. The number of rotatable bonds is 7. The van der Waals surface area contributed by atoms with E-state index in [0.717, 1.165) is 22.3 Å². The van der Waals surface area contributed by atoms with Gasteiger partial charge in [0.25, 0.3) is 0 Å². The second-order valence-corrected chi connectivity index (χ2v) is 6.46. The summed E-state index contributed by atoms with van der Waals surface area (Å²) in [6.45, 7) is 0.225. The minimum absolute atomic E-state index is 0.0996. The number of carbonyl (C=O) groups excluding carboxylic acids is 1. The summed E-state index contributed by atoms with van der Waals surface area (Å²) in [4.78, 5) is 13.0. The Balaban J connectivity index is 1.62. The van der Waals surface area contributed by atoms with Gasteiger partial charge in [0, 0.05) is 24.4 Å². The Morgan fingerprint density at radius 2 is 1.83 bits per heavy atom. The topological polar surface area (TPSA) is 80.8 Å². The minimum atomic E-state index is -0.306. The molecule has 0 aliphatic rings. The highest BCUT2D eigenvalue weighted by atomic mass is 19.1. The van der Waals surface area contributed by atoms with Crippen LogP contribution in [0.1, 0.15) is 21.5 Å². The number of ketones is 1. The summed E-state index contributed by atoms with van der Waals surface area (Å²) in [5.41, 5.74) is 3.76. The molecule has 4 rings (SSSR count). The molecule has 0 unspecified atom stereocenters. The smallest absolute Gasteiger partial charge is 0.171 e. The average molecular weight is 388 g/mol. The molecule has 0 aliphatic carbocycles. The van der Waals surface area contributed by atoms with Crippen LogP contribution in [-0.4, -0.2) is 26.2 Å². The fourth-order valence-electron chi connectivity index (χ4n) is 2.91. The van der Waals surface area contributed by atoms with Crippen LogP contribution in [0.5, 0.6) is 5.75 Å². The highest BCUT2D eigenvalue weighted by Gasteiger charge is 2.16. The molecule has 0 saturated heterocycles. The van der Waals surface area contributed by atoms with Crippen molar-refractivity contribution >= 4 is 5.78 Å². The first-order chi connectivity index (χ1) is 14.2. The van der Waals surface area contributed by atoms with E-state index in [0.29, 0.717) is 11.3 Å². The highest BCUT2D eigenvalue weighted by Crippen LogP contribution is 2.28. The molecule has 4 aromatic rings. The zero-order valence-corrected chi connectivity index (χ0v) is 15.4. The number of Topliss-reactive ketones (excluding diaryl/α,β-unsaturated/α-hetero) is 1. The number of nitrogens with one attached hydrogen (secondary N) is 1. The summed E-state index contributed by atoms with van der Waals surface area (Å²) in [7, 11) is 0. The molecule has 0 radical (unpaired) electrons. The predicted molar refractivity (Wildman–Crippen MR) is 105 cm³/mol. The van der Waals surface area contributed by atoms with Crippen LogP contribution < -0.4 is 4.74 Å². The van der Waals surface area contributed by atoms with Crippen LogP contribution in [0.3, 0.4) is 0 Å². The Morgan fingerprint density at radius 3 is 2.55 bits per heavy atom. The fourth-order valence-corrected chi connectivity index (χ4v) is 2.91. The van der Waals surface area contributed by atoms with Crippen LogP contribution in [-0.2, 0) is 13.0 Å². The second-order valence-electron chi connectivity index (χ2n) is 6.46. The third-order valence-electron chi connectivity index (χ3n) is 4.43. The number of hydrogen-bond acceptors (Lipinski definition) is 5. The van der Waals surface area contributed by atoms with Crippen LogP contribution in [0.2, 0.25) is 0 Å². The molecule has 29 heavy (non-hydrogen) atoms. The van der Waals surface area contributed by atoms with Crippen molar-refractivity contribution in [3.8, 4) is 16.9 Å². The van der Waals surface area contributed by atoms with E-state index < -0.39 is 0 Å². The van der Waals surface area contributed by atoms with E-state index >= 15 is 0 Å². The highest BCUT2D eigenvalue weighted by molar-refractivity contribution is 6.01. The van der Waals surface area contributed by atoms with E-state index in [2.05, 4.69) is 20.4 Å². The first kappa shape index (κ1) is 18.5. The minimum Gasteiger partial charge on any atom is -0.488 e. The Morgan fingerprint density at radius 1 is 0.966 bits per heavy atom. The van der Waals surface area contributed by atoms with Gasteiger partial charge in [0.1, 0.15) is 18.2 Å². The molecule has 144 valence electrons. The van der Waals surface area contributed by atoms with Crippen LogP contribution >= 0.6 is 0 Å². The van der Waals surface area contributed by atoms with Gasteiger partial charge in [-0.15, -0.1) is 0 Å². The van der Waals surface area contributed by atoms with Crippen molar-refractivity contribution < 1.29 is 13.9 Å². The number of hydrogen-bond donors (Lipinski definition) is 1. The molecule has 0 saturated carbocycles. The van der Waals surface area contributed by atoms with E-state index in [1.165, 1.54) is 12.1 Å². The van der Waals surface area contributed by atoms with Crippen LogP contribution in [0.25, 0.3) is 11.1 Å². The lowest BCUT2D eigenvalue weighted by atomic mass is 9.99. The first-order valence-electron chi connectivity index (χ1n) is 8.98. The van der Waals surface area contributed by atoms with Crippen molar-refractivity contribution in [3.05, 3.63) is 95.8 Å². The summed E-state index contributed by atoms with van der Waals surface area (Å²) in [5, 5.41) is 14.3. The third-order valence-corrected chi connectivity index (χ3v) is 4.43. The molecular weight excluding hydrogens is 371 g/mol. The van der Waals surface area contributed by atoms with Crippen molar-refractivity contribution in [2.45, 2.75) is 13.0 Å². The Labute approximate surface area is 166 Å². The first-order valence-corrected chi connectivity index (χ1v) is 8.98. The van der Waals surface area contributed by atoms with Gasteiger partial charge in [-0.05, 0) is 47.0 Å². The Hall–Kier alpha value is -3.87. The van der Waals surface area contributed by atoms with Crippen molar-refractivity contribution in [1.82, 2.24) is 20.4 Å². The lowest BCUT2D eigenvalue weighted by molar-refractivity contribution is 0.0988. The van der Waals surface area contributed by atoms with E-state index in [1.54, 1.807) is 55.1 Å². The fraction of sp³-hybridized carbons (Fsp3) is 0.0909. The molecule has 0 atom stereocenters. The lowest BCUT2D eigenvalue weighted by Crippen LogP contribution is -2.08. The Bertz CT molecular complexity index is 1100. The van der Waals surface area contributed by atoms with Gasteiger partial charge in [0.2, 0.25) is 0 Å². The maximum absolute atomic E-state index is 13.1. The number of ether oxygens (including phenoxy) is 1. The molecule has 0 bridgehead atoms. The van der Waals surface area contributed by atoms with E-state index in [1.807, 2.05) is 6.07 Å². The number of aromatic amines is 1. The number of H-pyrrole nitrogens is 1. The van der Waals surface area contributed by atoms with Gasteiger partial charge in [-0.3, -0.25) is 9.89 Å². The summed E-state index contributed by atoms with van der Waals surface area (Å²) < 4.78 is 19.0. The maximum atomic E-state index is 13.1. The van der Waals surface area contributed by atoms with Crippen molar-refractivity contribution in [3.63, 3.8) is 0 Å². The number of carbonyl (C=O) groups is 1. The summed E-state index contributed by atoms with van der Waals surface area (Å²) in [6.07, 6.45) is 6.75. The molecule has 0 aliphatic heterocycles. The standard InChI is InChI=1S/C22H17FN4O2/c23-19-4-1-15(2-5-19)14-29-22-6-3-17(18-12-26-27-13-18)10-20(22)21(28)9-16-7-8-24-25-11-16/h1-8,10-13H,9,14H2,(H,26,27). The third kappa shape index (κ3) is 4.52. The second kappa shape index (κ2) is 8.43. The average Bonchev–Trinajstić information content (AvgIpc) is 3.29. The van der Waals surface area contributed by atoms with Gasteiger partial charge in [0.15, 0.2) is 5.78 Å². The van der Waals surface area contributed by atoms with Crippen LogP contribution in [0, 0.1) is 5.82 Å². The zero-order chi connectivity index (χ0) is 20.1. The van der Waals surface area contributed by atoms with Crippen molar-refractivity contribution in [1.29, 1.82) is 0 Å². The van der Waals surface area contributed by atoms with Gasteiger partial charge in [-0.2, -0.15) is 15.3 Å². The molecule has 1 N–H and O–H groups in total. The van der Waals surface area contributed by atoms with Crippen LogP contribution in [0.15, 0.2) is 73.3 Å². The summed E-state index contributed by atoms with van der Waals surface area (Å²) in [6, 6.07) is 13.2. The molecule has 6 nitrogen and oxygen atoms in total. The molecular formula is C22H17FN4O2. The molecule has 0 spiro atoms. The normalized spacial score (nSPS) is 10.7. The summed E-state index contributed by atoms with van der Waals surface area (Å²) in [5.74, 6) is 0.0612. The largest absolute Gasteiger partial charge is 0.488 e. The quantitative estimate of drug-likeness (QED) is 0.484. The molecule has 0 fully saturated rings. The number of benzene rings is 2. The Kier molecular flexibility index (Phi) is 5.38. The van der Waals surface area contributed by atoms with E-state index in [9.17, 15) is 9.18 Å². The SMILES string of the molecule is O=C(Cc1ccnnc1)c1cc(-c2cn[nH]c2)ccc1OCc1ccc(F)cc1. The number of nitrogens with zero attached hydrogens (tertiary/aromatic N) is 3. The van der Waals surface area contributed by atoms with E-state index in [4.69, 9.17) is 4.74 Å². The van der Waals surface area contributed by atoms with E-state index in [-0.39, 0.29) is 24.6 Å². The van der Waals surface area contributed by atoms with Gasteiger partial charge in [-0.25, -0.2) is 4.39 Å². The molecule has 2 aromatic heterocycles. The number of halogens is 1. The monoisotopic (exact) mass is 388 g/mol. The maximum Gasteiger partial charge on any atom is 0.171 e. The van der Waals surface area contributed by atoms with Crippen molar-refractivity contribution in [2.24, 2.45) is 0 Å². The zero-order valence-electron chi connectivity index (χ0n) is 15.4. The molecule has 2 heterocycles. The van der Waals surface area contributed by atoms with Gasteiger partial charge in [0.05, 0.1) is 18.0 Å². The van der Waals surface area contributed by atoms with Crippen molar-refractivity contribution in [2.75, 3.05) is 0 Å². The predicted octanol–water partition coefficient (Wildman–Crippen LogP) is 4.01. The molecule has 2 aromatic carbocycles. The van der Waals surface area contributed by atoms with Crippen LogP contribution in [0.4, 0.5) is 4.39 Å².